The van der Waals surface area contributed by atoms with Crippen LogP contribution < -0.4 is 0 Å². The Kier molecular flexibility index (Phi) is 9.17. The van der Waals surface area contributed by atoms with Crippen molar-refractivity contribution in [3.8, 4) is 0 Å². The van der Waals surface area contributed by atoms with E-state index < -0.39 is 30.6 Å². The summed E-state index contributed by atoms with van der Waals surface area (Å²) < 4.78 is 11.4. The molecule has 0 aromatic rings. The highest BCUT2D eigenvalue weighted by atomic mass is 16.7. The molecular formula is C19H34O6. The zero-order chi connectivity index (χ0) is 18.1. The molecule has 4 atom stereocenters. The highest BCUT2D eigenvalue weighted by Gasteiger charge is 2.42. The molecule has 0 spiro atoms. The quantitative estimate of drug-likeness (QED) is 0.718. The zero-order valence-corrected chi connectivity index (χ0v) is 15.1. The number of carbonyl (C=O) groups is 1. The van der Waals surface area contributed by atoms with Crippen LogP contribution in [0, 0.1) is 0 Å². The van der Waals surface area contributed by atoms with Gasteiger partial charge in [0.2, 0.25) is 0 Å². The van der Waals surface area contributed by atoms with E-state index in [4.69, 9.17) is 14.6 Å². The second kappa shape index (κ2) is 11.1. The lowest BCUT2D eigenvalue weighted by Gasteiger charge is -2.36. The monoisotopic (exact) mass is 358 g/mol. The molecule has 2 rings (SSSR count). The van der Waals surface area contributed by atoms with E-state index in [-0.39, 0.29) is 12.5 Å². The standard InChI is InChI=1S/C19H34O6/c20-15-13-16(25-18(17(15)21)19(22)23)24-14-11-9-7-5-3-1-2-4-6-8-10-12-14/h14-18,20-21H,1-13H2,(H,22,23)/t15-,16-,17+,18+/m1/s1. The van der Waals surface area contributed by atoms with Crippen molar-refractivity contribution in [3.05, 3.63) is 0 Å². The van der Waals surface area contributed by atoms with Gasteiger partial charge >= 0.3 is 5.97 Å². The predicted molar refractivity (Wildman–Crippen MR) is 93.2 cm³/mol. The van der Waals surface area contributed by atoms with E-state index in [1.165, 1.54) is 51.4 Å². The van der Waals surface area contributed by atoms with Crippen LogP contribution in [0.4, 0.5) is 0 Å². The van der Waals surface area contributed by atoms with E-state index in [2.05, 4.69) is 0 Å². The van der Waals surface area contributed by atoms with Gasteiger partial charge in [-0.2, -0.15) is 0 Å². The number of ether oxygens (including phenoxy) is 2. The highest BCUT2D eigenvalue weighted by molar-refractivity contribution is 5.73. The summed E-state index contributed by atoms with van der Waals surface area (Å²) in [4.78, 5) is 11.2. The maximum atomic E-state index is 11.2. The largest absolute Gasteiger partial charge is 0.479 e. The number of rotatable bonds is 3. The first-order valence-corrected chi connectivity index (χ1v) is 9.98. The van der Waals surface area contributed by atoms with Crippen LogP contribution in [-0.4, -0.2) is 52.0 Å². The normalized spacial score (nSPS) is 34.5. The predicted octanol–water partition coefficient (Wildman–Crippen LogP) is 2.99. The van der Waals surface area contributed by atoms with Crippen molar-refractivity contribution in [2.45, 2.75) is 114 Å². The Hall–Kier alpha value is -0.690. The van der Waals surface area contributed by atoms with E-state index in [0.717, 1.165) is 25.7 Å². The molecule has 1 heterocycles. The van der Waals surface area contributed by atoms with Crippen LogP contribution in [-0.2, 0) is 14.3 Å². The summed E-state index contributed by atoms with van der Waals surface area (Å²) in [6.07, 6.45) is 9.72. The lowest BCUT2D eigenvalue weighted by molar-refractivity contribution is -0.264. The second-order valence-corrected chi connectivity index (χ2v) is 7.49. The lowest BCUT2D eigenvalue weighted by Crippen LogP contribution is -2.52. The van der Waals surface area contributed by atoms with E-state index in [0.29, 0.717) is 0 Å². The molecule has 146 valence electrons. The first-order chi connectivity index (χ1) is 12.1. The average molecular weight is 358 g/mol. The van der Waals surface area contributed by atoms with Crippen LogP contribution in [0.5, 0.6) is 0 Å². The Morgan fingerprint density at radius 1 is 0.840 bits per heavy atom. The van der Waals surface area contributed by atoms with Gasteiger partial charge < -0.3 is 24.8 Å². The average Bonchev–Trinajstić information content (AvgIpc) is 2.60. The number of hydrogen-bond acceptors (Lipinski definition) is 5. The van der Waals surface area contributed by atoms with Crippen molar-refractivity contribution in [2.24, 2.45) is 0 Å². The van der Waals surface area contributed by atoms with Crippen LogP contribution >= 0.6 is 0 Å². The fourth-order valence-electron chi connectivity index (χ4n) is 3.78. The van der Waals surface area contributed by atoms with E-state index in [1.54, 1.807) is 0 Å². The van der Waals surface area contributed by atoms with Crippen LogP contribution in [0.15, 0.2) is 0 Å². The van der Waals surface area contributed by atoms with Crippen molar-refractivity contribution in [1.29, 1.82) is 0 Å². The van der Waals surface area contributed by atoms with Crippen molar-refractivity contribution < 1.29 is 29.6 Å². The summed E-state index contributed by atoms with van der Waals surface area (Å²) in [5, 5.41) is 28.8. The summed E-state index contributed by atoms with van der Waals surface area (Å²) in [7, 11) is 0. The number of carboxylic acids is 1. The topological polar surface area (TPSA) is 96.2 Å². The Morgan fingerprint density at radius 2 is 1.32 bits per heavy atom. The molecular weight excluding hydrogens is 324 g/mol. The van der Waals surface area contributed by atoms with Crippen LogP contribution in [0.2, 0.25) is 0 Å². The molecule has 0 radical (unpaired) electrons. The Bertz CT molecular complexity index is 374. The minimum absolute atomic E-state index is 0.0302. The van der Waals surface area contributed by atoms with Crippen molar-refractivity contribution >= 4 is 5.97 Å². The van der Waals surface area contributed by atoms with Gasteiger partial charge in [0.05, 0.1) is 12.2 Å². The molecule has 3 N–H and O–H groups in total. The molecule has 0 unspecified atom stereocenters. The number of aliphatic hydroxyl groups excluding tert-OH is 2. The molecule has 0 aromatic heterocycles. The first-order valence-electron chi connectivity index (χ1n) is 9.98. The third-order valence-corrected chi connectivity index (χ3v) is 5.33. The van der Waals surface area contributed by atoms with E-state index in [1.807, 2.05) is 0 Å². The van der Waals surface area contributed by atoms with Crippen molar-refractivity contribution in [2.75, 3.05) is 0 Å². The van der Waals surface area contributed by atoms with Gasteiger partial charge in [-0.25, -0.2) is 4.79 Å². The third-order valence-electron chi connectivity index (χ3n) is 5.33. The van der Waals surface area contributed by atoms with Gasteiger partial charge in [0.15, 0.2) is 12.4 Å². The minimum Gasteiger partial charge on any atom is -0.479 e. The molecule has 1 saturated carbocycles. The van der Waals surface area contributed by atoms with E-state index >= 15 is 0 Å². The SMILES string of the molecule is O=C(O)[C@H]1O[C@@H](OC2CCCCCCCCCCCC2)C[C@@H](O)[C@@H]1O. The maximum Gasteiger partial charge on any atom is 0.335 e. The van der Waals surface area contributed by atoms with Gasteiger partial charge in [0.1, 0.15) is 6.10 Å². The van der Waals surface area contributed by atoms with Gasteiger partial charge in [-0.1, -0.05) is 64.2 Å². The zero-order valence-electron chi connectivity index (χ0n) is 15.1. The van der Waals surface area contributed by atoms with Gasteiger partial charge in [0, 0.05) is 6.42 Å². The summed E-state index contributed by atoms with van der Waals surface area (Å²) in [6.45, 7) is 0. The fraction of sp³-hybridized carbons (Fsp3) is 0.947. The van der Waals surface area contributed by atoms with Gasteiger partial charge in [-0.3, -0.25) is 0 Å². The molecule has 0 amide bonds. The number of hydrogen-bond donors (Lipinski definition) is 3. The summed E-state index contributed by atoms with van der Waals surface area (Å²) in [6, 6.07) is 0. The number of aliphatic carboxylic acids is 1. The van der Waals surface area contributed by atoms with Crippen molar-refractivity contribution in [3.63, 3.8) is 0 Å². The Morgan fingerprint density at radius 3 is 1.80 bits per heavy atom. The fourth-order valence-corrected chi connectivity index (χ4v) is 3.78. The molecule has 0 bridgehead atoms. The molecule has 2 aliphatic rings. The molecule has 6 nitrogen and oxygen atoms in total. The minimum atomic E-state index is -1.43. The maximum absolute atomic E-state index is 11.2. The van der Waals surface area contributed by atoms with E-state index in [9.17, 15) is 15.0 Å². The van der Waals surface area contributed by atoms with Crippen molar-refractivity contribution in [1.82, 2.24) is 0 Å². The molecule has 6 heteroatoms. The molecule has 2 fully saturated rings. The summed E-state index contributed by atoms with van der Waals surface area (Å²) >= 11 is 0. The second-order valence-electron chi connectivity index (χ2n) is 7.49. The Balaban J connectivity index is 1.86. The molecule has 1 aliphatic heterocycles. The van der Waals surface area contributed by atoms with Crippen LogP contribution in [0.25, 0.3) is 0 Å². The van der Waals surface area contributed by atoms with Gasteiger partial charge in [0.25, 0.3) is 0 Å². The highest BCUT2D eigenvalue weighted by Crippen LogP contribution is 2.26. The number of carboxylic acid groups (broad SMARTS) is 1. The van der Waals surface area contributed by atoms with Crippen LogP contribution in [0.1, 0.15) is 83.5 Å². The third kappa shape index (κ3) is 7.21. The molecule has 25 heavy (non-hydrogen) atoms. The van der Waals surface area contributed by atoms with Gasteiger partial charge in [-0.05, 0) is 12.8 Å². The smallest absolute Gasteiger partial charge is 0.335 e. The summed E-state index contributed by atoms with van der Waals surface area (Å²) in [5.74, 6) is -1.27. The molecule has 1 saturated heterocycles. The van der Waals surface area contributed by atoms with Gasteiger partial charge in [-0.15, -0.1) is 0 Å². The number of aliphatic hydroxyl groups is 2. The first kappa shape index (κ1) is 20.6. The lowest BCUT2D eigenvalue weighted by atomic mass is 10.0. The van der Waals surface area contributed by atoms with Crippen LogP contribution in [0.3, 0.4) is 0 Å². The molecule has 1 aliphatic carbocycles. The summed E-state index contributed by atoms with van der Waals surface area (Å²) in [5.41, 5.74) is 0. The molecule has 0 aromatic carbocycles. The Labute approximate surface area is 150 Å².